The van der Waals surface area contributed by atoms with Gasteiger partial charge in [-0.05, 0) is 17.9 Å². The molecule has 0 aliphatic carbocycles. The minimum Gasteiger partial charge on any atom is -0.0988 e. The summed E-state index contributed by atoms with van der Waals surface area (Å²) in [7, 11) is 0. The van der Waals surface area contributed by atoms with Gasteiger partial charge in [0.05, 0.1) is 0 Å². The molecule has 0 aromatic heterocycles. The first-order valence-electron chi connectivity index (χ1n) is 4.13. The molecule has 0 bridgehead atoms. The zero-order valence-corrected chi connectivity index (χ0v) is 7.85. The van der Waals surface area contributed by atoms with Crippen LogP contribution in [0.4, 0.5) is 0 Å². The van der Waals surface area contributed by atoms with Crippen molar-refractivity contribution < 1.29 is 0 Å². The lowest BCUT2D eigenvalue weighted by Gasteiger charge is -2.04. The third-order valence-electron chi connectivity index (χ3n) is 1.78. The molecule has 0 heteroatoms. The van der Waals surface area contributed by atoms with E-state index in [1.807, 2.05) is 6.08 Å². The molecule has 0 aliphatic heterocycles. The third kappa shape index (κ3) is 3.82. The Balaban J connectivity index is 4.26. The van der Waals surface area contributed by atoms with Crippen molar-refractivity contribution in [2.75, 3.05) is 0 Å². The maximum absolute atomic E-state index is 3.97. The number of hydrogen-bond donors (Lipinski definition) is 0. The average molecular weight is 150 g/mol. The Labute approximate surface area is 70.3 Å². The molecule has 0 saturated heterocycles. The number of allylic oxidation sites excluding steroid dienone is 4. The fraction of sp³-hybridized carbons (Fsp3) is 0.455. The zero-order chi connectivity index (χ0) is 8.85. The SMILES string of the molecule is C=C/C(=C\C(=C)C(C)C)CC. The standard InChI is InChI=1S/C11H18/c1-6-11(7-2)8-10(5)9(3)4/h6,8-9H,1,5,7H2,2-4H3/b11-8+. The lowest BCUT2D eigenvalue weighted by Crippen LogP contribution is -1.89. The van der Waals surface area contributed by atoms with Crippen LogP contribution in [0, 0.1) is 5.92 Å². The molecule has 0 rings (SSSR count). The number of rotatable bonds is 4. The Bertz CT molecular complexity index is 170. The maximum Gasteiger partial charge on any atom is -0.0225 e. The summed E-state index contributed by atoms with van der Waals surface area (Å²) in [6, 6.07) is 0. The Kier molecular flexibility index (Phi) is 4.60. The van der Waals surface area contributed by atoms with Gasteiger partial charge >= 0.3 is 0 Å². The highest BCUT2D eigenvalue weighted by Crippen LogP contribution is 2.12. The fourth-order valence-corrected chi connectivity index (χ4v) is 0.710. The lowest BCUT2D eigenvalue weighted by atomic mass is 10.0. The summed E-state index contributed by atoms with van der Waals surface area (Å²) < 4.78 is 0. The van der Waals surface area contributed by atoms with Crippen molar-refractivity contribution in [3.05, 3.63) is 36.5 Å². The maximum atomic E-state index is 3.97. The van der Waals surface area contributed by atoms with E-state index >= 15 is 0 Å². The van der Waals surface area contributed by atoms with Crippen molar-refractivity contribution in [3.8, 4) is 0 Å². The minimum absolute atomic E-state index is 0.538. The normalized spacial score (nSPS) is 11.8. The second kappa shape index (κ2) is 4.95. The molecule has 62 valence electrons. The van der Waals surface area contributed by atoms with Crippen LogP contribution in [0.3, 0.4) is 0 Å². The van der Waals surface area contributed by atoms with E-state index in [4.69, 9.17) is 0 Å². The minimum atomic E-state index is 0.538. The largest absolute Gasteiger partial charge is 0.0988 e. The molecular weight excluding hydrogens is 132 g/mol. The van der Waals surface area contributed by atoms with Gasteiger partial charge in [0.25, 0.3) is 0 Å². The Morgan fingerprint density at radius 3 is 2.27 bits per heavy atom. The Morgan fingerprint density at radius 2 is 2.00 bits per heavy atom. The first kappa shape index (κ1) is 10.2. The summed E-state index contributed by atoms with van der Waals surface area (Å²) in [5, 5.41) is 0. The van der Waals surface area contributed by atoms with E-state index in [1.54, 1.807) is 0 Å². The molecule has 0 radical (unpaired) electrons. The van der Waals surface area contributed by atoms with Gasteiger partial charge in [-0.25, -0.2) is 0 Å². The van der Waals surface area contributed by atoms with E-state index in [0.717, 1.165) is 6.42 Å². The van der Waals surface area contributed by atoms with E-state index in [0.29, 0.717) is 5.92 Å². The van der Waals surface area contributed by atoms with Crippen molar-refractivity contribution in [1.82, 2.24) is 0 Å². The predicted molar refractivity (Wildman–Crippen MR) is 52.5 cm³/mol. The van der Waals surface area contributed by atoms with Crippen molar-refractivity contribution in [1.29, 1.82) is 0 Å². The predicted octanol–water partition coefficient (Wildman–Crippen LogP) is 3.72. The van der Waals surface area contributed by atoms with E-state index in [1.165, 1.54) is 11.1 Å². The molecule has 0 N–H and O–H groups in total. The molecule has 0 aromatic rings. The molecule has 0 heterocycles. The first-order valence-corrected chi connectivity index (χ1v) is 4.13. The molecular formula is C11H18. The van der Waals surface area contributed by atoms with Gasteiger partial charge in [0.2, 0.25) is 0 Å². The van der Waals surface area contributed by atoms with Gasteiger partial charge in [-0.3, -0.25) is 0 Å². The van der Waals surface area contributed by atoms with Crippen LogP contribution in [0.5, 0.6) is 0 Å². The molecule has 0 atom stereocenters. The van der Waals surface area contributed by atoms with Crippen LogP contribution < -0.4 is 0 Å². The summed E-state index contributed by atoms with van der Waals surface area (Å²) in [5.74, 6) is 0.538. The summed E-state index contributed by atoms with van der Waals surface area (Å²) >= 11 is 0. The monoisotopic (exact) mass is 150 g/mol. The average Bonchev–Trinajstić information content (AvgIpc) is 1.99. The van der Waals surface area contributed by atoms with Crippen LogP contribution in [-0.2, 0) is 0 Å². The van der Waals surface area contributed by atoms with Crippen molar-refractivity contribution in [2.24, 2.45) is 5.92 Å². The van der Waals surface area contributed by atoms with Crippen molar-refractivity contribution in [3.63, 3.8) is 0 Å². The van der Waals surface area contributed by atoms with Gasteiger partial charge in [-0.1, -0.05) is 51.7 Å². The van der Waals surface area contributed by atoms with Crippen LogP contribution in [0.2, 0.25) is 0 Å². The summed E-state index contributed by atoms with van der Waals surface area (Å²) in [4.78, 5) is 0. The van der Waals surface area contributed by atoms with E-state index in [2.05, 4.69) is 40.0 Å². The first-order chi connectivity index (χ1) is 5.11. The van der Waals surface area contributed by atoms with Gasteiger partial charge in [-0.2, -0.15) is 0 Å². The molecule has 0 aromatic carbocycles. The van der Waals surface area contributed by atoms with E-state index < -0.39 is 0 Å². The van der Waals surface area contributed by atoms with E-state index in [9.17, 15) is 0 Å². The van der Waals surface area contributed by atoms with Crippen LogP contribution >= 0.6 is 0 Å². The molecule has 0 spiro atoms. The van der Waals surface area contributed by atoms with Crippen molar-refractivity contribution in [2.45, 2.75) is 27.2 Å². The molecule has 0 nitrogen and oxygen atoms in total. The highest BCUT2D eigenvalue weighted by molar-refractivity contribution is 5.27. The summed E-state index contributed by atoms with van der Waals surface area (Å²) in [5.41, 5.74) is 2.45. The van der Waals surface area contributed by atoms with Crippen molar-refractivity contribution >= 4 is 0 Å². The third-order valence-corrected chi connectivity index (χ3v) is 1.78. The Morgan fingerprint density at radius 1 is 1.45 bits per heavy atom. The summed E-state index contributed by atoms with van der Waals surface area (Å²) in [6.07, 6.45) is 5.06. The zero-order valence-electron chi connectivity index (χ0n) is 7.85. The second-order valence-corrected chi connectivity index (χ2v) is 3.01. The van der Waals surface area contributed by atoms with Crippen LogP contribution in [0.25, 0.3) is 0 Å². The second-order valence-electron chi connectivity index (χ2n) is 3.01. The van der Waals surface area contributed by atoms with E-state index in [-0.39, 0.29) is 0 Å². The smallest absolute Gasteiger partial charge is 0.0225 e. The molecule has 0 unspecified atom stereocenters. The van der Waals surface area contributed by atoms with Crippen LogP contribution in [0.1, 0.15) is 27.2 Å². The number of hydrogen-bond acceptors (Lipinski definition) is 0. The lowest BCUT2D eigenvalue weighted by molar-refractivity contribution is 0.793. The quantitative estimate of drug-likeness (QED) is 0.536. The van der Waals surface area contributed by atoms with Gasteiger partial charge in [0.15, 0.2) is 0 Å². The van der Waals surface area contributed by atoms with Crippen LogP contribution in [0.15, 0.2) is 36.5 Å². The van der Waals surface area contributed by atoms with Gasteiger partial charge in [0.1, 0.15) is 0 Å². The molecule has 0 aliphatic rings. The topological polar surface area (TPSA) is 0 Å². The summed E-state index contributed by atoms with van der Waals surface area (Å²) in [6.45, 7) is 14.1. The Hall–Kier alpha value is -0.780. The molecule has 0 fully saturated rings. The van der Waals surface area contributed by atoms with Crippen LogP contribution in [-0.4, -0.2) is 0 Å². The van der Waals surface area contributed by atoms with Gasteiger partial charge in [0, 0.05) is 0 Å². The van der Waals surface area contributed by atoms with Gasteiger partial charge in [-0.15, -0.1) is 0 Å². The van der Waals surface area contributed by atoms with Gasteiger partial charge < -0.3 is 0 Å². The highest BCUT2D eigenvalue weighted by atomic mass is 14.0. The fourth-order valence-electron chi connectivity index (χ4n) is 0.710. The highest BCUT2D eigenvalue weighted by Gasteiger charge is 1.96. The molecule has 11 heavy (non-hydrogen) atoms. The molecule has 0 amide bonds. The molecule has 0 saturated carbocycles.